The predicted molar refractivity (Wildman–Crippen MR) is 115 cm³/mol. The van der Waals surface area contributed by atoms with Crippen molar-refractivity contribution in [1.82, 2.24) is 4.90 Å². The third kappa shape index (κ3) is 5.67. The van der Waals surface area contributed by atoms with Gasteiger partial charge in [-0.2, -0.15) is 0 Å². The Morgan fingerprint density at radius 3 is 2.38 bits per heavy atom. The maximum absolute atomic E-state index is 13.8. The summed E-state index contributed by atoms with van der Waals surface area (Å²) in [6, 6.07) is 16.1. The minimum atomic E-state index is -0.960. The minimum Gasteiger partial charge on any atom is -0.386 e. The van der Waals surface area contributed by atoms with Crippen LogP contribution in [0.1, 0.15) is 30.9 Å². The summed E-state index contributed by atoms with van der Waals surface area (Å²) in [6.07, 6.45) is 2.53. The Labute approximate surface area is 171 Å². The fraction of sp³-hybridized carbons (Fsp3) is 0.350. The molecule has 26 heavy (non-hydrogen) atoms. The Kier molecular flexibility index (Phi) is 8.31. The van der Waals surface area contributed by atoms with E-state index in [-0.39, 0.29) is 36.1 Å². The third-order valence-corrected chi connectivity index (χ3v) is 4.36. The topological polar surface area (TPSA) is 47.9 Å². The monoisotopic (exact) mass is 469 g/mol. The van der Waals surface area contributed by atoms with E-state index in [1.54, 1.807) is 18.2 Å². The maximum atomic E-state index is 13.8. The zero-order valence-electron chi connectivity index (χ0n) is 14.6. The molecule has 140 valence electrons. The Balaban J connectivity index is 0.00000243. The predicted octanol–water partition coefficient (Wildman–Crippen LogP) is 4.43. The lowest BCUT2D eigenvalue weighted by Gasteiger charge is -2.30. The molecule has 0 saturated carbocycles. The molecule has 1 fully saturated rings. The lowest BCUT2D eigenvalue weighted by Crippen LogP contribution is -2.40. The first kappa shape index (κ1) is 20.6. The number of nitrogens with one attached hydrogen (secondary N) is 1. The highest BCUT2D eigenvalue weighted by atomic mass is 127. The lowest BCUT2D eigenvalue weighted by molar-refractivity contribution is 0.181. The van der Waals surface area contributed by atoms with Crippen molar-refractivity contribution >= 4 is 35.6 Å². The lowest BCUT2D eigenvalue weighted by atomic mass is 10.1. The van der Waals surface area contributed by atoms with Crippen LogP contribution < -0.4 is 5.32 Å². The molecule has 2 aromatic rings. The molecular weight excluding hydrogens is 444 g/mol. The van der Waals surface area contributed by atoms with Gasteiger partial charge in [-0.3, -0.25) is 0 Å². The van der Waals surface area contributed by atoms with Crippen LogP contribution in [0.4, 0.5) is 10.1 Å². The molecule has 6 heteroatoms. The highest BCUT2D eigenvalue weighted by molar-refractivity contribution is 14.0. The zero-order chi connectivity index (χ0) is 17.5. The number of halogens is 2. The van der Waals surface area contributed by atoms with Gasteiger partial charge in [-0.25, -0.2) is 9.38 Å². The number of nitrogens with zero attached hydrogens (tertiary/aromatic N) is 2. The van der Waals surface area contributed by atoms with Gasteiger partial charge in [0.05, 0.1) is 6.54 Å². The summed E-state index contributed by atoms with van der Waals surface area (Å²) < 4.78 is 13.8. The third-order valence-electron chi connectivity index (χ3n) is 4.36. The standard InChI is InChI=1S/C20H24FN3O.HI/c21-18-12-6-5-11-17(18)19(25)15-22-20(24-13-7-2-8-14-24)23-16-9-3-1-4-10-16;/h1,3-6,9-12,19,25H,2,7-8,13-15H2,(H,22,23);1H. The average Bonchev–Trinajstić information content (AvgIpc) is 2.67. The van der Waals surface area contributed by atoms with E-state index < -0.39 is 11.9 Å². The fourth-order valence-corrected chi connectivity index (χ4v) is 2.99. The van der Waals surface area contributed by atoms with Crippen LogP contribution in [0.3, 0.4) is 0 Å². The van der Waals surface area contributed by atoms with E-state index in [4.69, 9.17) is 0 Å². The van der Waals surface area contributed by atoms with Crippen LogP contribution in [0, 0.1) is 5.82 Å². The molecule has 1 saturated heterocycles. The minimum absolute atomic E-state index is 0. The second-order valence-corrected chi connectivity index (χ2v) is 6.24. The Morgan fingerprint density at radius 1 is 1.04 bits per heavy atom. The van der Waals surface area contributed by atoms with E-state index in [0.717, 1.165) is 37.6 Å². The summed E-state index contributed by atoms with van der Waals surface area (Å²) in [5.41, 5.74) is 1.23. The van der Waals surface area contributed by atoms with Crippen molar-refractivity contribution in [2.24, 2.45) is 4.99 Å². The summed E-state index contributed by atoms with van der Waals surface area (Å²) >= 11 is 0. The molecule has 1 aliphatic rings. The van der Waals surface area contributed by atoms with Crippen LogP contribution in [-0.4, -0.2) is 35.6 Å². The van der Waals surface area contributed by atoms with Gasteiger partial charge in [-0.1, -0.05) is 36.4 Å². The molecule has 1 aliphatic heterocycles. The normalized spacial score (nSPS) is 15.9. The quantitative estimate of drug-likeness (QED) is 0.396. The van der Waals surface area contributed by atoms with Crippen molar-refractivity contribution in [3.05, 3.63) is 66.0 Å². The molecule has 0 bridgehead atoms. The van der Waals surface area contributed by atoms with Crippen LogP contribution in [0.2, 0.25) is 0 Å². The number of hydrogen-bond acceptors (Lipinski definition) is 2. The van der Waals surface area contributed by atoms with E-state index >= 15 is 0 Å². The maximum Gasteiger partial charge on any atom is 0.198 e. The second-order valence-electron chi connectivity index (χ2n) is 6.24. The first-order valence-corrected chi connectivity index (χ1v) is 8.78. The van der Waals surface area contributed by atoms with Gasteiger partial charge < -0.3 is 15.3 Å². The van der Waals surface area contributed by atoms with Crippen LogP contribution in [0.5, 0.6) is 0 Å². The van der Waals surface area contributed by atoms with E-state index in [2.05, 4.69) is 15.2 Å². The second kappa shape index (κ2) is 10.5. The van der Waals surface area contributed by atoms with Crippen LogP contribution in [0.25, 0.3) is 0 Å². The Morgan fingerprint density at radius 2 is 1.69 bits per heavy atom. The molecule has 2 N–H and O–H groups in total. The molecule has 1 heterocycles. The van der Waals surface area contributed by atoms with Gasteiger partial charge in [-0.15, -0.1) is 24.0 Å². The van der Waals surface area contributed by atoms with Crippen LogP contribution in [-0.2, 0) is 0 Å². The number of aliphatic hydroxyl groups excluding tert-OH is 1. The molecule has 0 amide bonds. The van der Waals surface area contributed by atoms with Gasteiger partial charge in [-0.05, 0) is 37.5 Å². The van der Waals surface area contributed by atoms with Gasteiger partial charge >= 0.3 is 0 Å². The molecule has 0 aliphatic carbocycles. The fourth-order valence-electron chi connectivity index (χ4n) is 2.99. The van der Waals surface area contributed by atoms with Gasteiger partial charge in [0.15, 0.2) is 5.96 Å². The SMILES string of the molecule is I.OC(CN=C(Nc1ccccc1)N1CCCCC1)c1ccccc1F. The largest absolute Gasteiger partial charge is 0.386 e. The van der Waals surface area contributed by atoms with Crippen molar-refractivity contribution in [2.45, 2.75) is 25.4 Å². The molecule has 4 nitrogen and oxygen atoms in total. The van der Waals surface area contributed by atoms with Gasteiger partial charge in [0.1, 0.15) is 11.9 Å². The van der Waals surface area contributed by atoms with E-state index in [1.807, 2.05) is 30.3 Å². The molecule has 1 atom stereocenters. The van der Waals surface area contributed by atoms with Gasteiger partial charge in [0.2, 0.25) is 0 Å². The summed E-state index contributed by atoms with van der Waals surface area (Å²) in [6.45, 7) is 2.00. The Hall–Kier alpha value is -1.67. The summed E-state index contributed by atoms with van der Waals surface area (Å²) in [7, 11) is 0. The number of para-hydroxylation sites is 1. The number of benzene rings is 2. The summed E-state index contributed by atoms with van der Waals surface area (Å²) in [5.74, 6) is 0.335. The number of aliphatic imine (C=N–C) groups is 1. The molecule has 0 aromatic heterocycles. The number of piperidine rings is 1. The first-order valence-electron chi connectivity index (χ1n) is 8.78. The highest BCUT2D eigenvalue weighted by Crippen LogP contribution is 2.18. The molecule has 0 spiro atoms. The van der Waals surface area contributed by atoms with Crippen molar-refractivity contribution in [2.75, 3.05) is 25.0 Å². The van der Waals surface area contributed by atoms with Crippen molar-refractivity contribution < 1.29 is 9.50 Å². The summed E-state index contributed by atoms with van der Waals surface area (Å²) in [4.78, 5) is 6.77. The zero-order valence-corrected chi connectivity index (χ0v) is 17.0. The first-order chi connectivity index (χ1) is 12.2. The Bertz CT molecular complexity index is 705. The van der Waals surface area contributed by atoms with Crippen LogP contribution >= 0.6 is 24.0 Å². The molecule has 2 aromatic carbocycles. The van der Waals surface area contributed by atoms with Crippen molar-refractivity contribution in [1.29, 1.82) is 0 Å². The van der Waals surface area contributed by atoms with E-state index in [0.29, 0.717) is 0 Å². The van der Waals surface area contributed by atoms with Crippen molar-refractivity contribution in [3.8, 4) is 0 Å². The average molecular weight is 469 g/mol. The van der Waals surface area contributed by atoms with Gasteiger partial charge in [0, 0.05) is 24.3 Å². The number of rotatable bonds is 4. The number of anilines is 1. The van der Waals surface area contributed by atoms with Crippen LogP contribution in [0.15, 0.2) is 59.6 Å². The van der Waals surface area contributed by atoms with Crippen molar-refractivity contribution in [3.63, 3.8) is 0 Å². The number of aliphatic hydroxyl groups is 1. The highest BCUT2D eigenvalue weighted by Gasteiger charge is 2.17. The summed E-state index contributed by atoms with van der Waals surface area (Å²) in [5, 5.41) is 13.7. The molecule has 1 unspecified atom stereocenters. The smallest absolute Gasteiger partial charge is 0.198 e. The van der Waals surface area contributed by atoms with Gasteiger partial charge in [0.25, 0.3) is 0 Å². The van der Waals surface area contributed by atoms with E-state index in [1.165, 1.54) is 12.5 Å². The molecule has 3 rings (SSSR count). The molecular formula is C20H25FIN3O. The molecule has 0 radical (unpaired) electrons. The number of likely N-dealkylation sites (tertiary alicyclic amines) is 1. The van der Waals surface area contributed by atoms with E-state index in [9.17, 15) is 9.50 Å². The number of hydrogen-bond donors (Lipinski definition) is 2. The number of guanidine groups is 1.